The molecule has 0 aromatic carbocycles. The maximum Gasteiger partial charge on any atom is 0.213 e. The number of hydrogen-bond donors (Lipinski definition) is 3. The first kappa shape index (κ1) is 24.5. The van der Waals surface area contributed by atoms with E-state index in [0.717, 1.165) is 37.3 Å². The van der Waals surface area contributed by atoms with Crippen molar-refractivity contribution in [3.05, 3.63) is 16.1 Å². The van der Waals surface area contributed by atoms with Crippen LogP contribution < -0.4 is 15.4 Å². The lowest BCUT2D eigenvalue weighted by Gasteiger charge is -2.22. The van der Waals surface area contributed by atoms with Crippen LogP contribution in [0.2, 0.25) is 0 Å². The van der Waals surface area contributed by atoms with Crippen LogP contribution in [0.15, 0.2) is 11.2 Å². The Balaban J connectivity index is 0.00000364. The number of hydrogen-bond acceptors (Lipinski definition) is 6. The largest absolute Gasteiger partial charge is 0.377 e. The highest BCUT2D eigenvalue weighted by atomic mass is 127. The number of rotatable bonds is 9. The summed E-state index contributed by atoms with van der Waals surface area (Å²) in [6.45, 7) is 4.00. The van der Waals surface area contributed by atoms with Crippen molar-refractivity contribution in [1.29, 1.82) is 0 Å². The average molecular weight is 531 g/mol. The zero-order valence-electron chi connectivity index (χ0n) is 15.9. The predicted molar refractivity (Wildman–Crippen MR) is 120 cm³/mol. The predicted octanol–water partition coefficient (Wildman–Crippen LogP) is 1.48. The molecule has 27 heavy (non-hydrogen) atoms. The van der Waals surface area contributed by atoms with E-state index in [9.17, 15) is 8.42 Å². The number of sulfonamides is 1. The van der Waals surface area contributed by atoms with Gasteiger partial charge in [-0.2, -0.15) is 0 Å². The molecule has 0 saturated carbocycles. The number of thiazole rings is 1. The van der Waals surface area contributed by atoms with Crippen molar-refractivity contribution < 1.29 is 13.2 Å². The minimum absolute atomic E-state index is 0. The Morgan fingerprint density at radius 3 is 2.85 bits per heavy atom. The van der Waals surface area contributed by atoms with E-state index in [4.69, 9.17) is 4.74 Å². The number of guanidine groups is 1. The Labute approximate surface area is 183 Å². The van der Waals surface area contributed by atoms with Crippen LogP contribution in [0.4, 0.5) is 0 Å². The molecular weight excluding hydrogens is 501 g/mol. The lowest BCUT2D eigenvalue weighted by molar-refractivity contribution is 0.0200. The highest BCUT2D eigenvalue weighted by Gasteiger charge is 2.17. The van der Waals surface area contributed by atoms with Gasteiger partial charge in [0.25, 0.3) is 0 Å². The topological polar surface area (TPSA) is 105 Å². The summed E-state index contributed by atoms with van der Waals surface area (Å²) in [6.07, 6.45) is 5.91. The molecule has 0 spiro atoms. The molecule has 0 amide bonds. The fourth-order valence-corrected chi connectivity index (χ4v) is 4.29. The Hall–Kier alpha value is -0.500. The van der Waals surface area contributed by atoms with Gasteiger partial charge in [0.2, 0.25) is 10.0 Å². The van der Waals surface area contributed by atoms with Crippen LogP contribution in [0.3, 0.4) is 0 Å². The van der Waals surface area contributed by atoms with Gasteiger partial charge in [-0.05, 0) is 25.7 Å². The number of ether oxygens (including phenoxy) is 1. The summed E-state index contributed by atoms with van der Waals surface area (Å²) in [6, 6.07) is 0. The molecule has 2 heterocycles. The van der Waals surface area contributed by atoms with Crippen LogP contribution in [0, 0.1) is 0 Å². The molecule has 1 aromatic rings. The number of nitrogens with zero attached hydrogens (tertiary/aromatic N) is 2. The van der Waals surface area contributed by atoms with E-state index in [-0.39, 0.29) is 42.4 Å². The quantitative estimate of drug-likeness (QED) is 0.253. The van der Waals surface area contributed by atoms with Crippen LogP contribution in [-0.4, -0.2) is 58.0 Å². The standard InChI is InChI=1S/C16H29N5O3S2.HI/c1-3-14-11-19-15(25-14)12-20-16(17-2)18-7-9-26(22,23)21-10-13-6-4-5-8-24-13;/h11,13,21H,3-10,12H2,1-2H3,(H2,17,18,20);1H. The zero-order chi connectivity index (χ0) is 18.8. The molecule has 1 aliphatic heterocycles. The molecule has 8 nitrogen and oxygen atoms in total. The second-order valence-electron chi connectivity index (χ2n) is 6.08. The molecule has 1 aromatic heterocycles. The first-order valence-electron chi connectivity index (χ1n) is 8.99. The van der Waals surface area contributed by atoms with E-state index >= 15 is 0 Å². The van der Waals surface area contributed by atoms with E-state index in [1.165, 1.54) is 4.88 Å². The van der Waals surface area contributed by atoms with Crippen LogP contribution in [0.5, 0.6) is 0 Å². The second kappa shape index (κ2) is 12.9. The molecule has 0 aliphatic carbocycles. The highest BCUT2D eigenvalue weighted by Crippen LogP contribution is 2.13. The molecule has 0 radical (unpaired) electrons. The molecule has 156 valence electrons. The van der Waals surface area contributed by atoms with Crippen molar-refractivity contribution in [2.75, 3.05) is 32.5 Å². The summed E-state index contributed by atoms with van der Waals surface area (Å²) in [7, 11) is -1.68. The molecular formula is C16H30IN5O3S2. The summed E-state index contributed by atoms with van der Waals surface area (Å²) in [5, 5.41) is 7.14. The second-order valence-corrected chi connectivity index (χ2v) is 9.21. The third-order valence-corrected chi connectivity index (χ3v) is 6.54. The normalized spacial score (nSPS) is 18.0. The van der Waals surface area contributed by atoms with Gasteiger partial charge < -0.3 is 15.4 Å². The monoisotopic (exact) mass is 531 g/mol. The Morgan fingerprint density at radius 1 is 1.41 bits per heavy atom. The van der Waals surface area contributed by atoms with Gasteiger partial charge in [0.05, 0.1) is 18.4 Å². The van der Waals surface area contributed by atoms with Crippen LogP contribution in [0.25, 0.3) is 0 Å². The van der Waals surface area contributed by atoms with Crippen molar-refractivity contribution in [2.24, 2.45) is 4.99 Å². The minimum atomic E-state index is -3.34. The lowest BCUT2D eigenvalue weighted by Crippen LogP contribution is -2.42. The first-order valence-corrected chi connectivity index (χ1v) is 11.5. The van der Waals surface area contributed by atoms with E-state index in [1.807, 2.05) is 6.20 Å². The zero-order valence-corrected chi connectivity index (χ0v) is 19.8. The van der Waals surface area contributed by atoms with Gasteiger partial charge in [-0.1, -0.05) is 6.92 Å². The van der Waals surface area contributed by atoms with Gasteiger partial charge in [0.15, 0.2) is 5.96 Å². The number of halogens is 1. The maximum atomic E-state index is 12.1. The molecule has 1 unspecified atom stereocenters. The Morgan fingerprint density at radius 2 is 2.22 bits per heavy atom. The average Bonchev–Trinajstić information content (AvgIpc) is 3.12. The molecule has 1 aliphatic rings. The number of aliphatic imine (C=N–C) groups is 1. The number of nitrogens with one attached hydrogen (secondary N) is 3. The molecule has 11 heteroatoms. The summed E-state index contributed by atoms with van der Waals surface area (Å²) in [5.41, 5.74) is 0. The molecule has 1 saturated heterocycles. The third-order valence-electron chi connectivity index (χ3n) is 4.05. The van der Waals surface area contributed by atoms with Crippen molar-refractivity contribution >= 4 is 51.3 Å². The molecule has 1 fully saturated rings. The fraction of sp³-hybridized carbons (Fsp3) is 0.750. The van der Waals surface area contributed by atoms with Crippen molar-refractivity contribution in [1.82, 2.24) is 20.3 Å². The fourth-order valence-electron chi connectivity index (χ4n) is 2.54. The minimum Gasteiger partial charge on any atom is -0.377 e. The van der Waals surface area contributed by atoms with Crippen LogP contribution in [0.1, 0.15) is 36.1 Å². The van der Waals surface area contributed by atoms with Crippen LogP contribution >= 0.6 is 35.3 Å². The summed E-state index contributed by atoms with van der Waals surface area (Å²) < 4.78 is 32.3. The van der Waals surface area contributed by atoms with E-state index in [0.29, 0.717) is 19.0 Å². The van der Waals surface area contributed by atoms with E-state index < -0.39 is 10.0 Å². The first-order chi connectivity index (χ1) is 12.5. The summed E-state index contributed by atoms with van der Waals surface area (Å²) in [4.78, 5) is 9.68. The van der Waals surface area contributed by atoms with Gasteiger partial charge in [-0.3, -0.25) is 4.99 Å². The van der Waals surface area contributed by atoms with Crippen molar-refractivity contribution in [3.8, 4) is 0 Å². The van der Waals surface area contributed by atoms with Crippen molar-refractivity contribution in [3.63, 3.8) is 0 Å². The lowest BCUT2D eigenvalue weighted by atomic mass is 10.1. The van der Waals surface area contributed by atoms with Gasteiger partial charge in [-0.25, -0.2) is 18.1 Å². The van der Waals surface area contributed by atoms with Gasteiger partial charge in [0, 0.05) is 37.8 Å². The van der Waals surface area contributed by atoms with Crippen LogP contribution in [-0.2, 0) is 27.7 Å². The smallest absolute Gasteiger partial charge is 0.213 e. The van der Waals surface area contributed by atoms with E-state index in [2.05, 4.69) is 32.3 Å². The Bertz CT molecular complexity index is 675. The van der Waals surface area contributed by atoms with Gasteiger partial charge in [0.1, 0.15) is 5.01 Å². The van der Waals surface area contributed by atoms with Gasteiger partial charge in [-0.15, -0.1) is 35.3 Å². The maximum absolute atomic E-state index is 12.1. The van der Waals surface area contributed by atoms with E-state index in [1.54, 1.807) is 18.4 Å². The SMILES string of the molecule is CCc1cnc(CNC(=NC)NCCS(=O)(=O)NCC2CCCCO2)s1.I. The highest BCUT2D eigenvalue weighted by molar-refractivity contribution is 14.0. The molecule has 3 N–H and O–H groups in total. The number of aromatic nitrogens is 1. The third kappa shape index (κ3) is 9.50. The Kier molecular flexibility index (Phi) is 11.7. The summed E-state index contributed by atoms with van der Waals surface area (Å²) in [5.74, 6) is 0.543. The molecule has 1 atom stereocenters. The number of aryl methyl sites for hydroxylation is 1. The van der Waals surface area contributed by atoms with Crippen molar-refractivity contribution in [2.45, 2.75) is 45.3 Å². The molecule has 0 bridgehead atoms. The van der Waals surface area contributed by atoms with Gasteiger partial charge >= 0.3 is 0 Å². The molecule has 2 rings (SSSR count). The summed E-state index contributed by atoms with van der Waals surface area (Å²) >= 11 is 1.66.